The molecule has 6 nitrogen and oxygen atoms in total. The van der Waals surface area contributed by atoms with E-state index in [0.717, 1.165) is 35.0 Å². The summed E-state index contributed by atoms with van der Waals surface area (Å²) in [7, 11) is 0. The maximum atomic E-state index is 13.9. The van der Waals surface area contributed by atoms with Crippen LogP contribution in [0.1, 0.15) is 47.9 Å². The number of nitrogens with zero attached hydrogens (tertiary/aromatic N) is 3. The molecule has 0 aliphatic heterocycles. The van der Waals surface area contributed by atoms with Crippen molar-refractivity contribution in [2.24, 2.45) is 0 Å². The SMILES string of the molecule is CCCCCOc1ccc(CNC(=O)c2nc(F)n3ccc(C)nc23)cc1. The fourth-order valence-electron chi connectivity index (χ4n) is 2.69. The van der Waals surface area contributed by atoms with Crippen LogP contribution in [0.2, 0.25) is 0 Å². The minimum atomic E-state index is -0.757. The molecule has 2 heterocycles. The lowest BCUT2D eigenvalue weighted by Crippen LogP contribution is -2.23. The van der Waals surface area contributed by atoms with Crippen molar-refractivity contribution in [1.82, 2.24) is 19.7 Å². The Bertz CT molecular complexity index is 922. The van der Waals surface area contributed by atoms with E-state index >= 15 is 0 Å². The van der Waals surface area contributed by atoms with Crippen molar-refractivity contribution in [2.75, 3.05) is 6.61 Å². The molecule has 0 atom stereocenters. The van der Waals surface area contributed by atoms with Crippen molar-refractivity contribution < 1.29 is 13.9 Å². The molecule has 3 aromatic rings. The number of aromatic nitrogens is 3. The Labute approximate surface area is 157 Å². The lowest BCUT2D eigenvalue weighted by Gasteiger charge is -2.07. The number of imidazole rings is 1. The quantitative estimate of drug-likeness (QED) is 0.614. The van der Waals surface area contributed by atoms with Crippen molar-refractivity contribution in [1.29, 1.82) is 0 Å². The van der Waals surface area contributed by atoms with Crippen LogP contribution in [-0.2, 0) is 6.54 Å². The number of rotatable bonds is 8. The van der Waals surface area contributed by atoms with Gasteiger partial charge in [-0.2, -0.15) is 9.37 Å². The van der Waals surface area contributed by atoms with Crippen LogP contribution in [0.3, 0.4) is 0 Å². The van der Waals surface area contributed by atoms with E-state index in [9.17, 15) is 9.18 Å². The van der Waals surface area contributed by atoms with Gasteiger partial charge < -0.3 is 10.1 Å². The molecule has 2 aromatic heterocycles. The minimum absolute atomic E-state index is 0.0212. The predicted molar refractivity (Wildman–Crippen MR) is 100 cm³/mol. The standard InChI is InChI=1S/C20H23FN4O2/c1-3-4-5-12-27-16-8-6-15(7-9-16)13-22-19(26)17-18-23-14(2)10-11-25(18)20(21)24-17/h6-11H,3-5,12-13H2,1-2H3,(H,22,26). The summed E-state index contributed by atoms with van der Waals surface area (Å²) in [5.41, 5.74) is 1.79. The second kappa shape index (κ2) is 8.62. The topological polar surface area (TPSA) is 68.5 Å². The number of halogens is 1. The van der Waals surface area contributed by atoms with E-state index < -0.39 is 12.0 Å². The number of fused-ring (bicyclic) bond motifs is 1. The van der Waals surface area contributed by atoms with Gasteiger partial charge in [0.2, 0.25) is 0 Å². The molecule has 0 radical (unpaired) electrons. The molecule has 0 bridgehead atoms. The van der Waals surface area contributed by atoms with Crippen molar-refractivity contribution in [3.8, 4) is 5.75 Å². The fraction of sp³-hybridized carbons (Fsp3) is 0.350. The van der Waals surface area contributed by atoms with Gasteiger partial charge in [-0.15, -0.1) is 0 Å². The molecule has 0 spiro atoms. The number of carbonyl (C=O) groups is 1. The highest BCUT2D eigenvalue weighted by molar-refractivity contribution is 5.97. The van der Waals surface area contributed by atoms with Crippen molar-refractivity contribution in [2.45, 2.75) is 39.7 Å². The molecular formula is C20H23FN4O2. The van der Waals surface area contributed by atoms with E-state index in [1.54, 1.807) is 13.0 Å². The van der Waals surface area contributed by atoms with Gasteiger partial charge in [0, 0.05) is 18.4 Å². The molecule has 0 aliphatic carbocycles. The molecule has 0 unspecified atom stereocenters. The van der Waals surface area contributed by atoms with Crippen LogP contribution >= 0.6 is 0 Å². The van der Waals surface area contributed by atoms with Gasteiger partial charge in [-0.25, -0.2) is 4.98 Å². The van der Waals surface area contributed by atoms with Crippen LogP contribution < -0.4 is 10.1 Å². The Balaban J connectivity index is 1.60. The summed E-state index contributed by atoms with van der Waals surface area (Å²) in [6.07, 6.45) is 4.11. The summed E-state index contributed by atoms with van der Waals surface area (Å²) >= 11 is 0. The van der Waals surface area contributed by atoms with Gasteiger partial charge in [0.05, 0.1) is 6.61 Å². The summed E-state index contributed by atoms with van der Waals surface area (Å²) in [4.78, 5) is 20.3. The maximum Gasteiger partial charge on any atom is 0.295 e. The monoisotopic (exact) mass is 370 g/mol. The zero-order valence-corrected chi connectivity index (χ0v) is 15.5. The van der Waals surface area contributed by atoms with E-state index in [4.69, 9.17) is 4.74 Å². The van der Waals surface area contributed by atoms with Gasteiger partial charge in [-0.1, -0.05) is 31.9 Å². The van der Waals surface area contributed by atoms with Crippen molar-refractivity contribution in [3.05, 3.63) is 59.6 Å². The van der Waals surface area contributed by atoms with Crippen LogP contribution in [0, 0.1) is 13.0 Å². The van der Waals surface area contributed by atoms with Crippen LogP contribution in [-0.4, -0.2) is 26.9 Å². The molecule has 0 fully saturated rings. The molecule has 0 saturated carbocycles. The van der Waals surface area contributed by atoms with E-state index in [2.05, 4.69) is 22.2 Å². The fourth-order valence-corrected chi connectivity index (χ4v) is 2.69. The average Bonchev–Trinajstić information content (AvgIpc) is 3.00. The molecule has 0 aliphatic rings. The second-order valence-corrected chi connectivity index (χ2v) is 6.37. The number of unbranched alkanes of at least 4 members (excludes halogenated alkanes) is 2. The number of nitrogens with one attached hydrogen (secondary N) is 1. The zero-order chi connectivity index (χ0) is 19.2. The van der Waals surface area contributed by atoms with E-state index in [1.165, 1.54) is 6.20 Å². The highest BCUT2D eigenvalue weighted by Crippen LogP contribution is 2.14. The van der Waals surface area contributed by atoms with Gasteiger partial charge >= 0.3 is 0 Å². The van der Waals surface area contributed by atoms with Gasteiger partial charge in [0.25, 0.3) is 12.0 Å². The van der Waals surface area contributed by atoms with Gasteiger partial charge in [0.15, 0.2) is 11.3 Å². The number of hydrogen-bond acceptors (Lipinski definition) is 4. The molecule has 142 valence electrons. The number of hydrogen-bond donors (Lipinski definition) is 1. The van der Waals surface area contributed by atoms with Crippen LogP contribution in [0.4, 0.5) is 4.39 Å². The third kappa shape index (κ3) is 4.61. The summed E-state index contributed by atoms with van der Waals surface area (Å²) in [6, 6.07) is 9.20. The Morgan fingerprint density at radius 1 is 1.19 bits per heavy atom. The minimum Gasteiger partial charge on any atom is -0.494 e. The van der Waals surface area contributed by atoms with Gasteiger partial charge in [-0.3, -0.25) is 9.20 Å². The maximum absolute atomic E-state index is 13.9. The molecule has 1 aromatic carbocycles. The van der Waals surface area contributed by atoms with Crippen molar-refractivity contribution in [3.63, 3.8) is 0 Å². The highest BCUT2D eigenvalue weighted by Gasteiger charge is 2.18. The molecule has 0 saturated heterocycles. The number of ether oxygens (including phenoxy) is 1. The van der Waals surface area contributed by atoms with Crippen LogP contribution in [0.15, 0.2) is 36.5 Å². The van der Waals surface area contributed by atoms with E-state index in [0.29, 0.717) is 18.8 Å². The van der Waals surface area contributed by atoms with Crippen LogP contribution in [0.5, 0.6) is 5.75 Å². The van der Waals surface area contributed by atoms with E-state index in [-0.39, 0.29) is 11.3 Å². The normalized spacial score (nSPS) is 10.9. The molecule has 7 heteroatoms. The summed E-state index contributed by atoms with van der Waals surface area (Å²) in [5.74, 6) is 0.345. The summed E-state index contributed by atoms with van der Waals surface area (Å²) in [6.45, 7) is 4.94. The number of benzene rings is 1. The Hall–Kier alpha value is -2.96. The third-order valence-corrected chi connectivity index (χ3v) is 4.20. The molecule has 3 rings (SSSR count). The smallest absolute Gasteiger partial charge is 0.295 e. The van der Waals surface area contributed by atoms with Gasteiger partial charge in [0.1, 0.15) is 5.75 Å². The first-order valence-corrected chi connectivity index (χ1v) is 9.09. The first-order valence-electron chi connectivity index (χ1n) is 9.09. The lowest BCUT2D eigenvalue weighted by molar-refractivity contribution is 0.0947. The number of aryl methyl sites for hydroxylation is 1. The van der Waals surface area contributed by atoms with Gasteiger partial charge in [-0.05, 0) is 37.1 Å². The number of amides is 1. The Morgan fingerprint density at radius 3 is 2.70 bits per heavy atom. The second-order valence-electron chi connectivity index (χ2n) is 6.37. The highest BCUT2D eigenvalue weighted by atomic mass is 19.1. The largest absolute Gasteiger partial charge is 0.494 e. The van der Waals surface area contributed by atoms with E-state index in [1.807, 2.05) is 24.3 Å². The lowest BCUT2D eigenvalue weighted by atomic mass is 10.2. The summed E-state index contributed by atoms with van der Waals surface area (Å²) < 4.78 is 20.7. The van der Waals surface area contributed by atoms with Crippen LogP contribution in [0.25, 0.3) is 5.65 Å². The Morgan fingerprint density at radius 2 is 1.96 bits per heavy atom. The summed E-state index contributed by atoms with van der Waals surface area (Å²) in [5, 5.41) is 2.76. The first kappa shape index (κ1) is 18.8. The third-order valence-electron chi connectivity index (χ3n) is 4.20. The predicted octanol–water partition coefficient (Wildman–Crippen LogP) is 3.68. The molecular weight excluding hydrogens is 347 g/mol. The number of carbonyl (C=O) groups excluding carboxylic acids is 1. The Kier molecular flexibility index (Phi) is 6.01. The molecule has 1 amide bonds. The molecule has 1 N–H and O–H groups in total. The first-order chi connectivity index (χ1) is 13.1. The molecule has 27 heavy (non-hydrogen) atoms. The van der Waals surface area contributed by atoms with Crippen molar-refractivity contribution >= 4 is 11.6 Å². The average molecular weight is 370 g/mol. The zero-order valence-electron chi connectivity index (χ0n) is 15.5.